The second-order valence-corrected chi connectivity index (χ2v) is 5.09. The van der Waals surface area contributed by atoms with Gasteiger partial charge in [-0.1, -0.05) is 13.8 Å². The third kappa shape index (κ3) is 2.51. The number of rotatable bonds is 3. The summed E-state index contributed by atoms with van der Waals surface area (Å²) in [5.74, 6) is 0. The predicted molar refractivity (Wildman–Crippen MR) is 51.4 cm³/mol. The molecule has 0 bridgehead atoms. The van der Waals surface area contributed by atoms with Gasteiger partial charge in [-0.25, -0.2) is 0 Å². The maximum Gasteiger partial charge on any atom is 0.126 e. The Morgan fingerprint density at radius 1 is 1.54 bits per heavy atom. The Morgan fingerprint density at radius 2 is 2.15 bits per heavy atom. The van der Waals surface area contributed by atoms with Crippen LogP contribution in [-0.4, -0.2) is 36.6 Å². The van der Waals surface area contributed by atoms with Gasteiger partial charge in [-0.3, -0.25) is 4.90 Å². The summed E-state index contributed by atoms with van der Waals surface area (Å²) < 4.78 is 5.37. The summed E-state index contributed by atoms with van der Waals surface area (Å²) in [6, 6.07) is 0. The minimum Gasteiger partial charge on any atom is -0.364 e. The average Bonchev–Trinajstić information content (AvgIpc) is 2.31. The van der Waals surface area contributed by atoms with E-state index < -0.39 is 0 Å². The maximum atomic E-state index is 10.8. The van der Waals surface area contributed by atoms with Crippen LogP contribution in [0, 0.1) is 5.41 Å². The Bertz CT molecular complexity index is 199. The van der Waals surface area contributed by atoms with Crippen LogP contribution in [0.5, 0.6) is 0 Å². The van der Waals surface area contributed by atoms with Crippen molar-refractivity contribution in [2.24, 2.45) is 5.41 Å². The molecule has 0 atom stereocenters. The lowest BCUT2D eigenvalue weighted by Crippen LogP contribution is -2.45. The van der Waals surface area contributed by atoms with Crippen molar-refractivity contribution >= 4 is 6.29 Å². The predicted octanol–water partition coefficient (Wildman–Crippen LogP) is 1.28. The van der Waals surface area contributed by atoms with Crippen molar-refractivity contribution in [1.82, 2.24) is 4.90 Å². The van der Waals surface area contributed by atoms with Gasteiger partial charge in [0.2, 0.25) is 0 Å². The Morgan fingerprint density at radius 3 is 2.54 bits per heavy atom. The molecule has 0 unspecified atom stereocenters. The summed E-state index contributed by atoms with van der Waals surface area (Å²) in [6.07, 6.45) is 1.02. The van der Waals surface area contributed by atoms with Gasteiger partial charge in [-0.2, -0.15) is 0 Å². The molecule has 0 aromatic carbocycles. The molecule has 1 heterocycles. The highest BCUT2D eigenvalue weighted by Crippen LogP contribution is 2.25. The largest absolute Gasteiger partial charge is 0.364 e. The van der Waals surface area contributed by atoms with Crippen molar-refractivity contribution in [3.8, 4) is 0 Å². The highest BCUT2D eigenvalue weighted by Gasteiger charge is 2.36. The lowest BCUT2D eigenvalue weighted by molar-refractivity contribution is -0.116. The first-order valence-corrected chi connectivity index (χ1v) is 4.66. The molecular formula is C10H19NO2. The molecule has 0 aliphatic carbocycles. The first kappa shape index (κ1) is 10.7. The van der Waals surface area contributed by atoms with E-state index in [-0.39, 0.29) is 11.0 Å². The highest BCUT2D eigenvalue weighted by molar-refractivity contribution is 5.58. The number of hydrogen-bond donors (Lipinski definition) is 0. The van der Waals surface area contributed by atoms with Crippen molar-refractivity contribution in [2.75, 3.05) is 19.9 Å². The summed E-state index contributed by atoms with van der Waals surface area (Å²) in [5, 5.41) is 0. The van der Waals surface area contributed by atoms with E-state index in [9.17, 15) is 4.79 Å². The van der Waals surface area contributed by atoms with Gasteiger partial charge in [-0.05, 0) is 13.8 Å². The summed E-state index contributed by atoms with van der Waals surface area (Å²) in [4.78, 5) is 13.0. The number of hydrogen-bond acceptors (Lipinski definition) is 3. The molecule has 0 saturated carbocycles. The van der Waals surface area contributed by atoms with Gasteiger partial charge in [-0.15, -0.1) is 0 Å². The number of carbonyl (C=O) groups is 1. The zero-order chi connectivity index (χ0) is 10.1. The quantitative estimate of drug-likeness (QED) is 0.620. The summed E-state index contributed by atoms with van der Waals surface area (Å²) in [7, 11) is 0. The fourth-order valence-corrected chi connectivity index (χ4v) is 1.46. The molecule has 1 aliphatic heterocycles. The molecule has 1 rings (SSSR count). The zero-order valence-electron chi connectivity index (χ0n) is 8.96. The van der Waals surface area contributed by atoms with Gasteiger partial charge >= 0.3 is 0 Å². The lowest BCUT2D eigenvalue weighted by atomic mass is 9.93. The molecule has 1 fully saturated rings. The summed E-state index contributed by atoms with van der Waals surface area (Å²) in [5.41, 5.74) is -0.203. The number of nitrogens with zero attached hydrogens (tertiary/aromatic N) is 1. The van der Waals surface area contributed by atoms with E-state index in [1.54, 1.807) is 0 Å². The molecule has 0 amide bonds. The van der Waals surface area contributed by atoms with Crippen LogP contribution in [0.2, 0.25) is 0 Å². The van der Waals surface area contributed by atoms with Gasteiger partial charge in [0, 0.05) is 17.5 Å². The first-order valence-electron chi connectivity index (χ1n) is 4.66. The van der Waals surface area contributed by atoms with Crippen LogP contribution in [0.15, 0.2) is 0 Å². The third-order valence-corrected chi connectivity index (χ3v) is 2.48. The monoisotopic (exact) mass is 185 g/mol. The molecule has 0 aromatic heterocycles. The van der Waals surface area contributed by atoms with Crippen LogP contribution in [0.4, 0.5) is 0 Å². The van der Waals surface area contributed by atoms with Gasteiger partial charge in [0.15, 0.2) is 0 Å². The second kappa shape index (κ2) is 3.39. The fourth-order valence-electron chi connectivity index (χ4n) is 1.46. The van der Waals surface area contributed by atoms with Gasteiger partial charge < -0.3 is 9.53 Å². The van der Waals surface area contributed by atoms with Crippen molar-refractivity contribution in [1.29, 1.82) is 0 Å². The minimum atomic E-state index is -0.273. The van der Waals surface area contributed by atoms with E-state index in [1.807, 2.05) is 13.8 Å². The van der Waals surface area contributed by atoms with Crippen LogP contribution in [0.25, 0.3) is 0 Å². The Balaban J connectivity index is 2.59. The fraction of sp³-hybridized carbons (Fsp3) is 0.900. The maximum absolute atomic E-state index is 10.8. The normalized spacial score (nSPS) is 23.4. The minimum absolute atomic E-state index is 0.0697. The van der Waals surface area contributed by atoms with E-state index in [1.165, 1.54) is 0 Å². The molecule has 3 nitrogen and oxygen atoms in total. The van der Waals surface area contributed by atoms with E-state index in [4.69, 9.17) is 4.74 Å². The van der Waals surface area contributed by atoms with E-state index in [0.29, 0.717) is 6.73 Å². The molecule has 0 aromatic rings. The topological polar surface area (TPSA) is 29.5 Å². The lowest BCUT2D eigenvalue weighted by Gasteiger charge is -2.33. The Hall–Kier alpha value is -0.410. The van der Waals surface area contributed by atoms with Crippen molar-refractivity contribution in [3.05, 3.63) is 0 Å². The van der Waals surface area contributed by atoms with E-state index in [0.717, 1.165) is 19.4 Å². The summed E-state index contributed by atoms with van der Waals surface area (Å²) >= 11 is 0. The summed E-state index contributed by atoms with van der Waals surface area (Å²) in [6.45, 7) is 10.3. The van der Waals surface area contributed by atoms with Gasteiger partial charge in [0.25, 0.3) is 0 Å². The van der Waals surface area contributed by atoms with Crippen LogP contribution in [0.1, 0.15) is 27.7 Å². The Labute approximate surface area is 80.1 Å². The van der Waals surface area contributed by atoms with Crippen LogP contribution < -0.4 is 0 Å². The van der Waals surface area contributed by atoms with E-state index >= 15 is 0 Å². The van der Waals surface area contributed by atoms with Crippen molar-refractivity contribution < 1.29 is 9.53 Å². The molecule has 1 saturated heterocycles. The highest BCUT2D eigenvalue weighted by atomic mass is 16.5. The number of ether oxygens (including phenoxy) is 1. The molecule has 0 radical (unpaired) electrons. The average molecular weight is 185 g/mol. The molecular weight excluding hydrogens is 166 g/mol. The third-order valence-electron chi connectivity index (χ3n) is 2.48. The van der Waals surface area contributed by atoms with Gasteiger partial charge in [0.1, 0.15) is 6.29 Å². The van der Waals surface area contributed by atoms with Crippen molar-refractivity contribution in [3.63, 3.8) is 0 Å². The SMILES string of the molecule is CC(C)(C=O)CN1COCC1(C)C. The Kier molecular flexibility index (Phi) is 2.78. The first-order chi connectivity index (χ1) is 5.87. The smallest absolute Gasteiger partial charge is 0.126 e. The van der Waals surface area contributed by atoms with E-state index in [2.05, 4.69) is 18.7 Å². The molecule has 3 heteroatoms. The molecule has 13 heavy (non-hydrogen) atoms. The number of carbonyl (C=O) groups excluding carboxylic acids is 1. The molecule has 0 N–H and O–H groups in total. The van der Waals surface area contributed by atoms with Gasteiger partial charge in [0.05, 0.1) is 13.3 Å². The van der Waals surface area contributed by atoms with Crippen LogP contribution >= 0.6 is 0 Å². The molecule has 76 valence electrons. The zero-order valence-corrected chi connectivity index (χ0v) is 8.96. The van der Waals surface area contributed by atoms with Crippen LogP contribution in [-0.2, 0) is 9.53 Å². The molecule has 0 spiro atoms. The standard InChI is InChI=1S/C10H19NO2/c1-9(2,6-12)5-11-8-13-7-10(11,3)4/h6H,5,7-8H2,1-4H3. The molecule has 1 aliphatic rings. The van der Waals surface area contributed by atoms with Crippen molar-refractivity contribution in [2.45, 2.75) is 33.2 Å². The van der Waals surface area contributed by atoms with Crippen LogP contribution in [0.3, 0.4) is 0 Å². The second-order valence-electron chi connectivity index (χ2n) is 5.09. The number of aldehydes is 1.